The van der Waals surface area contributed by atoms with E-state index in [0.29, 0.717) is 6.10 Å². The third kappa shape index (κ3) is 2.31. The van der Waals surface area contributed by atoms with Crippen LogP contribution in [0.4, 0.5) is 0 Å². The topological polar surface area (TPSA) is 9.23 Å². The van der Waals surface area contributed by atoms with Crippen LogP contribution < -0.4 is 4.74 Å². The van der Waals surface area contributed by atoms with E-state index in [-0.39, 0.29) is 0 Å². The van der Waals surface area contributed by atoms with Crippen molar-refractivity contribution in [3.05, 3.63) is 51.9 Å². The van der Waals surface area contributed by atoms with Crippen LogP contribution >= 0.6 is 22.9 Å². The van der Waals surface area contributed by atoms with Gasteiger partial charge in [0, 0.05) is 25.5 Å². The summed E-state index contributed by atoms with van der Waals surface area (Å²) in [5.41, 5.74) is 3.93. The number of aryl methyl sites for hydroxylation is 2. The van der Waals surface area contributed by atoms with Crippen LogP contribution in [0.1, 0.15) is 23.8 Å². The number of halogens is 1. The fourth-order valence-electron chi connectivity index (χ4n) is 3.23. The molecule has 0 fully saturated rings. The summed E-state index contributed by atoms with van der Waals surface area (Å²) in [7, 11) is 0. The number of thiophene rings is 1. The molecule has 0 saturated carbocycles. The first-order valence-corrected chi connectivity index (χ1v) is 8.80. The smallest absolute Gasteiger partial charge is 0.122 e. The highest BCUT2D eigenvalue weighted by molar-refractivity contribution is 7.19. The highest BCUT2D eigenvalue weighted by Gasteiger charge is 2.18. The molecule has 1 atom stereocenters. The van der Waals surface area contributed by atoms with Gasteiger partial charge >= 0.3 is 0 Å². The summed E-state index contributed by atoms with van der Waals surface area (Å²) in [6.45, 7) is 4.32. The molecule has 0 N–H and O–H groups in total. The Balaban J connectivity index is 1.87. The summed E-state index contributed by atoms with van der Waals surface area (Å²) in [6.07, 6.45) is 2.51. The molecule has 22 heavy (non-hydrogen) atoms. The van der Waals surface area contributed by atoms with Crippen LogP contribution in [-0.2, 0) is 6.42 Å². The van der Waals surface area contributed by atoms with Crippen molar-refractivity contribution >= 4 is 33.0 Å². The van der Waals surface area contributed by atoms with Gasteiger partial charge in [-0.15, -0.1) is 11.3 Å². The second kappa shape index (κ2) is 5.29. The maximum absolute atomic E-state index is 6.12. The predicted molar refractivity (Wildman–Crippen MR) is 95.4 cm³/mol. The zero-order valence-electron chi connectivity index (χ0n) is 12.7. The molecule has 3 aromatic rings. The van der Waals surface area contributed by atoms with E-state index in [1.54, 1.807) is 0 Å². The Morgan fingerprint density at radius 2 is 2.05 bits per heavy atom. The van der Waals surface area contributed by atoms with Gasteiger partial charge in [-0.05, 0) is 62.1 Å². The maximum Gasteiger partial charge on any atom is 0.122 e. The van der Waals surface area contributed by atoms with Crippen LogP contribution in [0, 0.1) is 6.92 Å². The van der Waals surface area contributed by atoms with Gasteiger partial charge in [-0.1, -0.05) is 23.7 Å². The van der Waals surface area contributed by atoms with Gasteiger partial charge < -0.3 is 4.74 Å². The Hall–Kier alpha value is -1.51. The maximum atomic E-state index is 6.12. The Morgan fingerprint density at radius 3 is 2.91 bits per heavy atom. The summed E-state index contributed by atoms with van der Waals surface area (Å²) in [4.78, 5) is 1.34. The van der Waals surface area contributed by atoms with Crippen LogP contribution in [0.5, 0.6) is 5.75 Å². The fraction of sp³-hybridized carbons (Fsp3) is 0.263. The van der Waals surface area contributed by atoms with Crippen molar-refractivity contribution < 1.29 is 4.74 Å². The molecular weight excluding hydrogens is 312 g/mol. The molecule has 112 valence electrons. The molecule has 1 aliphatic rings. The number of hydrogen-bond donors (Lipinski definition) is 0. The molecule has 3 heteroatoms. The van der Waals surface area contributed by atoms with Gasteiger partial charge in [0.25, 0.3) is 0 Å². The van der Waals surface area contributed by atoms with E-state index in [9.17, 15) is 0 Å². The molecule has 2 heterocycles. The van der Waals surface area contributed by atoms with Gasteiger partial charge in [0.05, 0.1) is 6.10 Å². The lowest BCUT2D eigenvalue weighted by Gasteiger charge is -2.23. The largest absolute Gasteiger partial charge is 0.490 e. The summed E-state index contributed by atoms with van der Waals surface area (Å²) < 4.78 is 7.18. The predicted octanol–water partition coefficient (Wildman–Crippen LogP) is 6.24. The number of benzene rings is 2. The molecule has 1 aliphatic heterocycles. The summed E-state index contributed by atoms with van der Waals surface area (Å²) in [6, 6.07) is 12.8. The second-order valence-corrected chi connectivity index (χ2v) is 7.66. The molecule has 0 bridgehead atoms. The van der Waals surface area contributed by atoms with Crippen LogP contribution in [0.25, 0.3) is 21.2 Å². The first kappa shape index (κ1) is 14.1. The van der Waals surface area contributed by atoms with E-state index in [0.717, 1.165) is 23.6 Å². The Kier molecular flexibility index (Phi) is 3.39. The molecule has 1 nitrogen and oxygen atoms in total. The lowest BCUT2D eigenvalue weighted by Crippen LogP contribution is -2.18. The van der Waals surface area contributed by atoms with E-state index in [1.165, 1.54) is 31.7 Å². The molecular formula is C19H17ClOS. The SMILES string of the molecule is Cc1sc2cc(Cl)ccc2c1-c1ccc2c(c1)CCC(C)O2. The van der Waals surface area contributed by atoms with Crippen LogP contribution in [0.2, 0.25) is 5.02 Å². The van der Waals surface area contributed by atoms with Gasteiger partial charge in [-0.2, -0.15) is 0 Å². The molecule has 0 saturated heterocycles. The normalized spacial score (nSPS) is 17.3. The first-order chi connectivity index (χ1) is 10.6. The van der Waals surface area contributed by atoms with Crippen molar-refractivity contribution in [2.75, 3.05) is 0 Å². The molecule has 0 radical (unpaired) electrons. The number of fused-ring (bicyclic) bond motifs is 2. The van der Waals surface area contributed by atoms with E-state index in [1.807, 2.05) is 17.4 Å². The lowest BCUT2D eigenvalue weighted by molar-refractivity contribution is 0.192. The monoisotopic (exact) mass is 328 g/mol. The van der Waals surface area contributed by atoms with Gasteiger partial charge in [0.2, 0.25) is 0 Å². The molecule has 1 unspecified atom stereocenters. The van der Waals surface area contributed by atoms with E-state index < -0.39 is 0 Å². The molecule has 0 amide bonds. The van der Waals surface area contributed by atoms with Crippen LogP contribution in [0.15, 0.2) is 36.4 Å². The number of ether oxygens (including phenoxy) is 1. The molecule has 0 spiro atoms. The zero-order chi connectivity index (χ0) is 15.3. The zero-order valence-corrected chi connectivity index (χ0v) is 14.2. The van der Waals surface area contributed by atoms with Crippen molar-refractivity contribution in [1.82, 2.24) is 0 Å². The minimum Gasteiger partial charge on any atom is -0.490 e. The summed E-state index contributed by atoms with van der Waals surface area (Å²) in [5.74, 6) is 1.04. The summed E-state index contributed by atoms with van der Waals surface area (Å²) in [5, 5.41) is 2.09. The van der Waals surface area contributed by atoms with Gasteiger partial charge in [0.15, 0.2) is 0 Å². The minimum atomic E-state index is 0.323. The third-order valence-corrected chi connectivity index (χ3v) is 5.63. The van der Waals surface area contributed by atoms with Gasteiger partial charge in [0.1, 0.15) is 5.75 Å². The fourth-order valence-corrected chi connectivity index (χ4v) is 4.59. The van der Waals surface area contributed by atoms with Crippen LogP contribution in [0.3, 0.4) is 0 Å². The van der Waals surface area contributed by atoms with Crippen molar-refractivity contribution in [2.45, 2.75) is 32.8 Å². The second-order valence-electron chi connectivity index (χ2n) is 5.96. The van der Waals surface area contributed by atoms with Gasteiger partial charge in [-0.25, -0.2) is 0 Å². The van der Waals surface area contributed by atoms with E-state index in [2.05, 4.69) is 44.2 Å². The highest BCUT2D eigenvalue weighted by Crippen LogP contribution is 2.41. The molecule has 4 rings (SSSR count). The van der Waals surface area contributed by atoms with Crippen molar-refractivity contribution in [3.63, 3.8) is 0 Å². The average Bonchev–Trinajstić information content (AvgIpc) is 2.81. The molecule has 0 aliphatic carbocycles. The highest BCUT2D eigenvalue weighted by atomic mass is 35.5. The lowest BCUT2D eigenvalue weighted by atomic mass is 9.96. The molecule has 1 aromatic heterocycles. The minimum absolute atomic E-state index is 0.323. The van der Waals surface area contributed by atoms with E-state index in [4.69, 9.17) is 16.3 Å². The van der Waals surface area contributed by atoms with Crippen molar-refractivity contribution in [3.8, 4) is 16.9 Å². The average molecular weight is 329 g/mol. The Labute approximate surface area is 139 Å². The number of rotatable bonds is 1. The van der Waals surface area contributed by atoms with E-state index >= 15 is 0 Å². The third-order valence-electron chi connectivity index (χ3n) is 4.33. The number of hydrogen-bond acceptors (Lipinski definition) is 2. The van der Waals surface area contributed by atoms with Crippen molar-refractivity contribution in [2.24, 2.45) is 0 Å². The summed E-state index contributed by atoms with van der Waals surface area (Å²) >= 11 is 7.93. The first-order valence-electron chi connectivity index (χ1n) is 7.60. The standard InChI is InChI=1S/C19H17ClOS/c1-11-3-4-13-9-14(5-8-17(13)21-11)19-12(2)22-18-10-15(20)6-7-16(18)19/h5-11H,3-4H2,1-2H3. The van der Waals surface area contributed by atoms with Crippen LogP contribution in [-0.4, -0.2) is 6.10 Å². The quantitative estimate of drug-likeness (QED) is 0.513. The Morgan fingerprint density at radius 1 is 1.18 bits per heavy atom. The molecule has 2 aromatic carbocycles. The van der Waals surface area contributed by atoms with Crippen molar-refractivity contribution in [1.29, 1.82) is 0 Å². The van der Waals surface area contributed by atoms with Gasteiger partial charge in [-0.3, -0.25) is 0 Å². The Bertz CT molecular complexity index is 865.